The molecule has 0 aliphatic carbocycles. The summed E-state index contributed by atoms with van der Waals surface area (Å²) >= 11 is 3.63. The van der Waals surface area contributed by atoms with Crippen LogP contribution in [0, 0.1) is 6.92 Å². The lowest BCUT2D eigenvalue weighted by molar-refractivity contribution is 0.598. The van der Waals surface area contributed by atoms with E-state index < -0.39 is 0 Å². The van der Waals surface area contributed by atoms with Crippen molar-refractivity contribution in [1.29, 1.82) is 0 Å². The zero-order chi connectivity index (χ0) is 13.7. The number of rotatable bonds is 5. The highest BCUT2D eigenvalue weighted by Gasteiger charge is 2.13. The van der Waals surface area contributed by atoms with Crippen molar-refractivity contribution < 1.29 is 0 Å². The van der Waals surface area contributed by atoms with Crippen LogP contribution in [0.1, 0.15) is 36.1 Å². The second-order valence-corrected chi connectivity index (χ2v) is 5.66. The van der Waals surface area contributed by atoms with Crippen LogP contribution < -0.4 is 5.32 Å². The Morgan fingerprint density at radius 3 is 2.42 bits per heavy atom. The standard InChI is InChI=1S/C17H20BrN/c1-3-11-19-17(14-7-5-4-6-8-14)15-10-9-13(2)16(18)12-15/h4-10,12,17,19H,3,11H2,1-2H3. The zero-order valence-corrected chi connectivity index (χ0v) is 13.1. The third-order valence-electron chi connectivity index (χ3n) is 3.26. The number of aryl methyl sites for hydroxylation is 1. The van der Waals surface area contributed by atoms with Gasteiger partial charge in [0.15, 0.2) is 0 Å². The van der Waals surface area contributed by atoms with Crippen LogP contribution in [0.15, 0.2) is 53.0 Å². The van der Waals surface area contributed by atoms with Crippen molar-refractivity contribution in [1.82, 2.24) is 5.32 Å². The summed E-state index contributed by atoms with van der Waals surface area (Å²) in [5.41, 5.74) is 3.88. The minimum Gasteiger partial charge on any atom is -0.306 e. The lowest BCUT2D eigenvalue weighted by atomic mass is 9.98. The highest BCUT2D eigenvalue weighted by molar-refractivity contribution is 9.10. The Bertz CT molecular complexity index is 522. The second-order valence-electron chi connectivity index (χ2n) is 4.81. The Hall–Kier alpha value is -1.12. The minimum atomic E-state index is 0.262. The maximum Gasteiger partial charge on any atom is 0.0577 e. The van der Waals surface area contributed by atoms with Crippen LogP contribution in [0.25, 0.3) is 0 Å². The monoisotopic (exact) mass is 317 g/mol. The first-order valence-corrected chi connectivity index (χ1v) is 7.56. The minimum absolute atomic E-state index is 0.262. The van der Waals surface area contributed by atoms with Gasteiger partial charge in [0.1, 0.15) is 0 Å². The molecular formula is C17H20BrN. The van der Waals surface area contributed by atoms with Gasteiger partial charge in [-0.05, 0) is 42.6 Å². The van der Waals surface area contributed by atoms with E-state index in [0.29, 0.717) is 0 Å². The van der Waals surface area contributed by atoms with Gasteiger partial charge in [-0.3, -0.25) is 0 Å². The normalized spacial score (nSPS) is 12.4. The van der Waals surface area contributed by atoms with Gasteiger partial charge >= 0.3 is 0 Å². The van der Waals surface area contributed by atoms with E-state index in [1.807, 2.05) is 0 Å². The van der Waals surface area contributed by atoms with Crippen molar-refractivity contribution in [2.75, 3.05) is 6.54 Å². The quantitative estimate of drug-likeness (QED) is 0.831. The molecule has 2 rings (SSSR count). The van der Waals surface area contributed by atoms with Gasteiger partial charge in [0.05, 0.1) is 6.04 Å². The fourth-order valence-electron chi connectivity index (χ4n) is 2.15. The molecule has 0 aliphatic rings. The summed E-state index contributed by atoms with van der Waals surface area (Å²) in [7, 11) is 0. The Morgan fingerprint density at radius 2 is 1.79 bits per heavy atom. The maximum absolute atomic E-state index is 3.63. The van der Waals surface area contributed by atoms with Crippen LogP contribution in [-0.4, -0.2) is 6.54 Å². The highest BCUT2D eigenvalue weighted by atomic mass is 79.9. The Balaban J connectivity index is 2.34. The molecule has 1 nitrogen and oxygen atoms in total. The number of hydrogen-bond acceptors (Lipinski definition) is 1. The molecule has 1 N–H and O–H groups in total. The summed E-state index contributed by atoms with van der Waals surface area (Å²) in [6.45, 7) is 5.33. The SMILES string of the molecule is CCCNC(c1ccccc1)c1ccc(C)c(Br)c1. The molecule has 0 saturated carbocycles. The summed E-state index contributed by atoms with van der Waals surface area (Å²) in [6.07, 6.45) is 1.14. The Kier molecular flexibility index (Phi) is 5.17. The van der Waals surface area contributed by atoms with Crippen LogP contribution in [0.2, 0.25) is 0 Å². The van der Waals surface area contributed by atoms with Crippen molar-refractivity contribution >= 4 is 15.9 Å². The summed E-state index contributed by atoms with van der Waals surface area (Å²) < 4.78 is 1.17. The summed E-state index contributed by atoms with van der Waals surface area (Å²) in [5.74, 6) is 0. The molecule has 0 aliphatic heterocycles. The molecular weight excluding hydrogens is 298 g/mol. The topological polar surface area (TPSA) is 12.0 Å². The lowest BCUT2D eigenvalue weighted by Gasteiger charge is -2.20. The Morgan fingerprint density at radius 1 is 1.05 bits per heavy atom. The molecule has 2 heteroatoms. The predicted molar refractivity (Wildman–Crippen MR) is 85.5 cm³/mol. The van der Waals surface area contributed by atoms with E-state index in [0.717, 1.165) is 13.0 Å². The second kappa shape index (κ2) is 6.88. The molecule has 1 atom stereocenters. The van der Waals surface area contributed by atoms with Gasteiger partial charge < -0.3 is 5.32 Å². The molecule has 0 aromatic heterocycles. The summed E-state index contributed by atoms with van der Waals surface area (Å²) in [4.78, 5) is 0. The van der Waals surface area contributed by atoms with E-state index in [4.69, 9.17) is 0 Å². The van der Waals surface area contributed by atoms with Crippen molar-refractivity contribution in [3.63, 3.8) is 0 Å². The van der Waals surface area contributed by atoms with E-state index in [1.54, 1.807) is 0 Å². The van der Waals surface area contributed by atoms with Crippen LogP contribution in [-0.2, 0) is 0 Å². The lowest BCUT2D eigenvalue weighted by Crippen LogP contribution is -2.23. The smallest absolute Gasteiger partial charge is 0.0577 e. The molecule has 100 valence electrons. The molecule has 0 saturated heterocycles. The predicted octanol–water partition coefficient (Wildman–Crippen LogP) is 4.85. The van der Waals surface area contributed by atoms with Crippen molar-refractivity contribution in [3.8, 4) is 0 Å². The zero-order valence-electron chi connectivity index (χ0n) is 11.5. The van der Waals surface area contributed by atoms with E-state index in [-0.39, 0.29) is 6.04 Å². The van der Waals surface area contributed by atoms with Gasteiger partial charge in [-0.1, -0.05) is 65.3 Å². The summed E-state index contributed by atoms with van der Waals surface area (Å²) in [6, 6.07) is 17.5. The molecule has 2 aromatic rings. The highest BCUT2D eigenvalue weighted by Crippen LogP contribution is 2.26. The molecule has 19 heavy (non-hydrogen) atoms. The molecule has 1 unspecified atom stereocenters. The van der Waals surface area contributed by atoms with Gasteiger partial charge in [0, 0.05) is 4.47 Å². The molecule has 0 radical (unpaired) electrons. The van der Waals surface area contributed by atoms with Gasteiger partial charge in [0.2, 0.25) is 0 Å². The van der Waals surface area contributed by atoms with Crippen molar-refractivity contribution in [2.24, 2.45) is 0 Å². The number of hydrogen-bond donors (Lipinski definition) is 1. The molecule has 0 fully saturated rings. The van der Waals surface area contributed by atoms with E-state index >= 15 is 0 Å². The fourth-order valence-corrected chi connectivity index (χ4v) is 2.55. The molecule has 2 aromatic carbocycles. The van der Waals surface area contributed by atoms with Crippen LogP contribution in [0.5, 0.6) is 0 Å². The fraction of sp³-hybridized carbons (Fsp3) is 0.294. The number of nitrogens with one attached hydrogen (secondary N) is 1. The number of halogens is 1. The molecule has 0 amide bonds. The maximum atomic E-state index is 3.63. The van der Waals surface area contributed by atoms with Crippen LogP contribution >= 0.6 is 15.9 Å². The molecule has 0 heterocycles. The van der Waals surface area contributed by atoms with Gasteiger partial charge in [0.25, 0.3) is 0 Å². The first-order valence-electron chi connectivity index (χ1n) is 6.76. The molecule has 0 bridgehead atoms. The molecule has 0 spiro atoms. The van der Waals surface area contributed by atoms with Gasteiger partial charge in [-0.15, -0.1) is 0 Å². The van der Waals surface area contributed by atoms with E-state index in [2.05, 4.69) is 83.6 Å². The van der Waals surface area contributed by atoms with Gasteiger partial charge in [-0.2, -0.15) is 0 Å². The first kappa shape index (κ1) is 14.3. The third kappa shape index (κ3) is 3.68. The van der Waals surface area contributed by atoms with E-state index in [1.165, 1.54) is 21.2 Å². The number of benzene rings is 2. The van der Waals surface area contributed by atoms with E-state index in [9.17, 15) is 0 Å². The summed E-state index contributed by atoms with van der Waals surface area (Å²) in [5, 5.41) is 3.63. The van der Waals surface area contributed by atoms with Crippen LogP contribution in [0.4, 0.5) is 0 Å². The van der Waals surface area contributed by atoms with Crippen molar-refractivity contribution in [3.05, 3.63) is 69.7 Å². The largest absolute Gasteiger partial charge is 0.306 e. The van der Waals surface area contributed by atoms with Crippen LogP contribution in [0.3, 0.4) is 0 Å². The average molecular weight is 318 g/mol. The Labute approximate surface area is 124 Å². The van der Waals surface area contributed by atoms with Crippen molar-refractivity contribution in [2.45, 2.75) is 26.3 Å². The first-order chi connectivity index (χ1) is 9.22. The third-order valence-corrected chi connectivity index (χ3v) is 4.11. The van der Waals surface area contributed by atoms with Gasteiger partial charge in [-0.25, -0.2) is 0 Å². The average Bonchev–Trinajstić information content (AvgIpc) is 2.44.